The summed E-state index contributed by atoms with van der Waals surface area (Å²) < 4.78 is 0. The van der Waals surface area contributed by atoms with Crippen molar-refractivity contribution in [2.45, 2.75) is 25.5 Å². The van der Waals surface area contributed by atoms with Gasteiger partial charge in [0, 0.05) is 12.2 Å². The van der Waals surface area contributed by atoms with E-state index in [9.17, 15) is 0 Å². The van der Waals surface area contributed by atoms with Crippen LogP contribution in [-0.2, 0) is 5.75 Å². The Kier molecular flexibility index (Phi) is 5.65. The maximum Gasteiger partial charge on any atom is 0.139 e. The predicted molar refractivity (Wildman–Crippen MR) is 68.1 cm³/mol. The van der Waals surface area contributed by atoms with Crippen molar-refractivity contribution in [3.05, 3.63) is 35.9 Å². The van der Waals surface area contributed by atoms with Gasteiger partial charge in [-0.05, 0) is 17.9 Å². The van der Waals surface area contributed by atoms with Gasteiger partial charge in [-0.15, -0.1) is 0 Å². The van der Waals surface area contributed by atoms with Crippen LogP contribution in [-0.4, -0.2) is 5.04 Å². The Balaban J connectivity index is 2.33. The van der Waals surface area contributed by atoms with E-state index in [1.807, 2.05) is 18.2 Å². The van der Waals surface area contributed by atoms with Gasteiger partial charge in [-0.1, -0.05) is 54.9 Å². The van der Waals surface area contributed by atoms with Gasteiger partial charge in [0.2, 0.25) is 0 Å². The third kappa shape index (κ3) is 5.29. The second-order valence-electron chi connectivity index (χ2n) is 3.16. The first-order valence-corrected chi connectivity index (χ1v) is 6.05. The minimum Gasteiger partial charge on any atom is -0.286 e. The van der Waals surface area contributed by atoms with E-state index in [0.29, 0.717) is 5.04 Å². The maximum absolute atomic E-state index is 7.61. The second-order valence-corrected chi connectivity index (χ2v) is 4.14. The van der Waals surface area contributed by atoms with Gasteiger partial charge < -0.3 is 0 Å². The molecule has 1 rings (SSSR count). The molecule has 15 heavy (non-hydrogen) atoms. The number of benzene rings is 1. The van der Waals surface area contributed by atoms with Crippen molar-refractivity contribution in [1.82, 2.24) is 0 Å². The lowest BCUT2D eigenvalue weighted by molar-refractivity contribution is 0.984. The van der Waals surface area contributed by atoms with Crippen LogP contribution in [0.2, 0.25) is 0 Å². The summed E-state index contributed by atoms with van der Waals surface area (Å²) in [6.45, 7) is 2.09. The Hall–Kier alpha value is -1.20. The Morgan fingerprint density at radius 3 is 2.73 bits per heavy atom. The molecule has 1 nitrogen and oxygen atoms in total. The van der Waals surface area contributed by atoms with Crippen LogP contribution in [0, 0.1) is 17.3 Å². The quantitative estimate of drug-likeness (QED) is 0.466. The van der Waals surface area contributed by atoms with Crippen molar-refractivity contribution in [2.24, 2.45) is 0 Å². The maximum atomic E-state index is 7.61. The molecular formula is C13H15NS. The normalized spacial score (nSPS) is 9.13. The third-order valence-electron chi connectivity index (χ3n) is 1.80. The topological polar surface area (TPSA) is 23.9 Å². The average Bonchev–Trinajstić information content (AvgIpc) is 2.28. The molecule has 0 bridgehead atoms. The molecule has 0 aliphatic heterocycles. The predicted octanol–water partition coefficient (Wildman–Crippen LogP) is 3.70. The molecule has 78 valence electrons. The summed E-state index contributed by atoms with van der Waals surface area (Å²) in [5, 5.41) is 8.07. The van der Waals surface area contributed by atoms with Gasteiger partial charge in [0.15, 0.2) is 0 Å². The van der Waals surface area contributed by atoms with E-state index in [0.717, 1.165) is 18.6 Å². The molecular weight excluding hydrogens is 202 g/mol. The SMILES string of the molecule is CCCC#CC(=N)SCc1ccccc1. The summed E-state index contributed by atoms with van der Waals surface area (Å²) in [7, 11) is 0. The van der Waals surface area contributed by atoms with Crippen molar-refractivity contribution >= 4 is 16.8 Å². The Labute approximate surface area is 95.8 Å². The highest BCUT2D eigenvalue weighted by Gasteiger charge is 1.94. The van der Waals surface area contributed by atoms with E-state index in [2.05, 4.69) is 30.9 Å². The molecule has 0 heterocycles. The molecule has 0 saturated heterocycles. The van der Waals surface area contributed by atoms with E-state index in [1.54, 1.807) is 0 Å². The standard InChI is InChI=1S/C13H15NS/c1-2-3-5-10-13(14)15-11-12-8-6-4-7-9-12/h4,6-9,14H,2-3,11H2,1H3. The minimum absolute atomic E-state index is 0.465. The van der Waals surface area contributed by atoms with Crippen molar-refractivity contribution in [2.75, 3.05) is 0 Å². The van der Waals surface area contributed by atoms with Gasteiger partial charge in [0.25, 0.3) is 0 Å². The largest absolute Gasteiger partial charge is 0.286 e. The van der Waals surface area contributed by atoms with Gasteiger partial charge in [0.05, 0.1) is 0 Å². The van der Waals surface area contributed by atoms with Crippen LogP contribution in [0.1, 0.15) is 25.3 Å². The number of unbranched alkanes of at least 4 members (excludes halogenated alkanes) is 1. The number of rotatable bonds is 3. The van der Waals surface area contributed by atoms with E-state index in [-0.39, 0.29) is 0 Å². The molecule has 1 aromatic rings. The van der Waals surface area contributed by atoms with E-state index in [4.69, 9.17) is 5.41 Å². The first-order chi connectivity index (χ1) is 7.33. The van der Waals surface area contributed by atoms with E-state index in [1.165, 1.54) is 17.3 Å². The summed E-state index contributed by atoms with van der Waals surface area (Å²) in [5.41, 5.74) is 1.24. The summed E-state index contributed by atoms with van der Waals surface area (Å²) in [4.78, 5) is 0. The fourth-order valence-electron chi connectivity index (χ4n) is 1.03. The van der Waals surface area contributed by atoms with E-state index < -0.39 is 0 Å². The molecule has 2 heteroatoms. The summed E-state index contributed by atoms with van der Waals surface area (Å²) >= 11 is 1.49. The van der Waals surface area contributed by atoms with Gasteiger partial charge in [-0.25, -0.2) is 0 Å². The highest BCUT2D eigenvalue weighted by atomic mass is 32.2. The molecule has 1 N–H and O–H groups in total. The van der Waals surface area contributed by atoms with Gasteiger partial charge in [-0.3, -0.25) is 5.41 Å². The lowest BCUT2D eigenvalue weighted by Crippen LogP contribution is -1.86. The molecule has 0 unspecified atom stereocenters. The fraction of sp³-hybridized carbons (Fsp3) is 0.308. The van der Waals surface area contributed by atoms with Crippen molar-refractivity contribution in [1.29, 1.82) is 5.41 Å². The van der Waals surface area contributed by atoms with Crippen LogP contribution in [0.25, 0.3) is 0 Å². The average molecular weight is 217 g/mol. The Morgan fingerprint density at radius 1 is 1.33 bits per heavy atom. The number of hydrogen-bond donors (Lipinski definition) is 1. The summed E-state index contributed by atoms with van der Waals surface area (Å²) in [6, 6.07) is 10.2. The molecule has 0 spiro atoms. The molecule has 0 amide bonds. The molecule has 0 saturated carbocycles. The lowest BCUT2D eigenvalue weighted by Gasteiger charge is -1.97. The highest BCUT2D eigenvalue weighted by molar-refractivity contribution is 8.13. The zero-order valence-electron chi connectivity index (χ0n) is 8.92. The van der Waals surface area contributed by atoms with Crippen LogP contribution in [0.5, 0.6) is 0 Å². The Morgan fingerprint density at radius 2 is 2.07 bits per heavy atom. The van der Waals surface area contributed by atoms with Crippen LogP contribution >= 0.6 is 11.8 Å². The zero-order chi connectivity index (χ0) is 10.9. The van der Waals surface area contributed by atoms with Crippen LogP contribution in [0.15, 0.2) is 30.3 Å². The molecule has 0 aromatic heterocycles. The monoisotopic (exact) mass is 217 g/mol. The second kappa shape index (κ2) is 7.14. The summed E-state index contributed by atoms with van der Waals surface area (Å²) in [6.07, 6.45) is 1.94. The number of nitrogens with one attached hydrogen (secondary N) is 1. The summed E-state index contributed by atoms with van der Waals surface area (Å²) in [5.74, 6) is 6.66. The fourth-order valence-corrected chi connectivity index (χ4v) is 1.68. The Bertz CT molecular complexity index is 359. The molecule has 0 fully saturated rings. The molecule has 0 atom stereocenters. The van der Waals surface area contributed by atoms with Gasteiger partial charge >= 0.3 is 0 Å². The number of thioether (sulfide) groups is 1. The third-order valence-corrected chi connectivity index (χ3v) is 2.67. The van der Waals surface area contributed by atoms with Crippen molar-refractivity contribution in [3.63, 3.8) is 0 Å². The number of hydrogen-bond acceptors (Lipinski definition) is 2. The van der Waals surface area contributed by atoms with Crippen LogP contribution < -0.4 is 0 Å². The zero-order valence-corrected chi connectivity index (χ0v) is 9.73. The molecule has 0 radical (unpaired) electrons. The first kappa shape index (κ1) is 11.9. The molecule has 0 aliphatic rings. The van der Waals surface area contributed by atoms with Gasteiger partial charge in [-0.2, -0.15) is 0 Å². The van der Waals surface area contributed by atoms with Gasteiger partial charge in [0.1, 0.15) is 5.04 Å². The highest BCUT2D eigenvalue weighted by Crippen LogP contribution is 2.12. The van der Waals surface area contributed by atoms with Crippen molar-refractivity contribution in [3.8, 4) is 11.8 Å². The van der Waals surface area contributed by atoms with Crippen molar-refractivity contribution < 1.29 is 0 Å². The minimum atomic E-state index is 0.465. The lowest BCUT2D eigenvalue weighted by atomic mass is 10.2. The van der Waals surface area contributed by atoms with Crippen LogP contribution in [0.4, 0.5) is 0 Å². The van der Waals surface area contributed by atoms with E-state index >= 15 is 0 Å². The first-order valence-electron chi connectivity index (χ1n) is 5.07. The molecule has 1 aromatic carbocycles. The molecule has 0 aliphatic carbocycles. The van der Waals surface area contributed by atoms with Crippen LogP contribution in [0.3, 0.4) is 0 Å². The smallest absolute Gasteiger partial charge is 0.139 e.